The number of methoxy groups -OCH3 is 1. The third-order valence-corrected chi connectivity index (χ3v) is 4.10. The fourth-order valence-corrected chi connectivity index (χ4v) is 2.61. The summed E-state index contributed by atoms with van der Waals surface area (Å²) in [6.07, 6.45) is 2.23. The monoisotopic (exact) mass is 370 g/mol. The third-order valence-electron chi connectivity index (χ3n) is 4.10. The molecule has 1 N–H and O–H groups in total. The van der Waals surface area contributed by atoms with Crippen molar-refractivity contribution < 1.29 is 18.7 Å². The molecule has 6 nitrogen and oxygen atoms in total. The number of rotatable bonds is 10. The molecule has 2 amide bonds. The summed E-state index contributed by atoms with van der Waals surface area (Å²) in [4.78, 5) is 25.7. The molecule has 2 aromatic rings. The lowest BCUT2D eigenvalue weighted by atomic mass is 10.1. The van der Waals surface area contributed by atoms with Crippen LogP contribution in [-0.4, -0.2) is 37.0 Å². The van der Waals surface area contributed by atoms with Gasteiger partial charge >= 0.3 is 0 Å². The molecule has 0 fully saturated rings. The molecular formula is C21H26N2O4. The first-order valence-corrected chi connectivity index (χ1v) is 8.86. The average Bonchev–Trinajstić information content (AvgIpc) is 3.09. The summed E-state index contributed by atoms with van der Waals surface area (Å²) in [5, 5.41) is 2.70. The molecule has 0 saturated heterocycles. The molecule has 0 atom stereocenters. The Bertz CT molecular complexity index is 765. The van der Waals surface area contributed by atoms with Gasteiger partial charge in [0.25, 0.3) is 0 Å². The second-order valence-electron chi connectivity index (χ2n) is 6.21. The SMILES string of the molecule is C=CC(=O)Nc1ccc(CCC(=O)N(CCOC)Cc2ccc(C)o2)cc1. The van der Waals surface area contributed by atoms with Gasteiger partial charge in [-0.2, -0.15) is 0 Å². The van der Waals surface area contributed by atoms with Gasteiger partial charge in [-0.05, 0) is 49.2 Å². The van der Waals surface area contributed by atoms with Crippen LogP contribution >= 0.6 is 0 Å². The van der Waals surface area contributed by atoms with E-state index in [0.29, 0.717) is 38.2 Å². The van der Waals surface area contributed by atoms with E-state index in [2.05, 4.69) is 11.9 Å². The fourth-order valence-electron chi connectivity index (χ4n) is 2.61. The molecule has 0 spiro atoms. The Balaban J connectivity index is 1.91. The number of nitrogens with zero attached hydrogens (tertiary/aromatic N) is 1. The van der Waals surface area contributed by atoms with E-state index in [0.717, 1.165) is 17.1 Å². The second-order valence-corrected chi connectivity index (χ2v) is 6.21. The summed E-state index contributed by atoms with van der Waals surface area (Å²) in [7, 11) is 1.62. The Morgan fingerprint density at radius 2 is 1.96 bits per heavy atom. The Kier molecular flexibility index (Phi) is 7.82. The van der Waals surface area contributed by atoms with Gasteiger partial charge in [0.1, 0.15) is 11.5 Å². The van der Waals surface area contributed by atoms with Crippen LogP contribution in [0.15, 0.2) is 53.5 Å². The summed E-state index contributed by atoms with van der Waals surface area (Å²) in [5.41, 5.74) is 1.73. The summed E-state index contributed by atoms with van der Waals surface area (Å²) >= 11 is 0. The van der Waals surface area contributed by atoms with Crippen LogP contribution in [0.3, 0.4) is 0 Å². The maximum atomic E-state index is 12.6. The number of nitrogens with one attached hydrogen (secondary N) is 1. The molecule has 0 radical (unpaired) electrons. The highest BCUT2D eigenvalue weighted by Crippen LogP contribution is 2.14. The highest BCUT2D eigenvalue weighted by molar-refractivity contribution is 5.98. The van der Waals surface area contributed by atoms with E-state index in [-0.39, 0.29) is 11.8 Å². The molecule has 144 valence electrons. The van der Waals surface area contributed by atoms with Crippen molar-refractivity contribution in [3.63, 3.8) is 0 Å². The molecule has 0 saturated carbocycles. The maximum absolute atomic E-state index is 12.6. The van der Waals surface area contributed by atoms with Gasteiger partial charge in [-0.1, -0.05) is 18.7 Å². The lowest BCUT2D eigenvalue weighted by Gasteiger charge is -2.21. The van der Waals surface area contributed by atoms with E-state index in [9.17, 15) is 9.59 Å². The van der Waals surface area contributed by atoms with Crippen molar-refractivity contribution in [2.75, 3.05) is 25.6 Å². The van der Waals surface area contributed by atoms with Gasteiger partial charge in [-0.25, -0.2) is 0 Å². The predicted octanol–water partition coefficient (Wildman–Crippen LogP) is 3.32. The van der Waals surface area contributed by atoms with E-state index in [1.165, 1.54) is 6.08 Å². The largest absolute Gasteiger partial charge is 0.464 e. The van der Waals surface area contributed by atoms with Crippen molar-refractivity contribution >= 4 is 17.5 Å². The molecule has 0 unspecified atom stereocenters. The number of ether oxygens (including phenoxy) is 1. The molecule has 0 bridgehead atoms. The number of aryl methyl sites for hydroxylation is 2. The lowest BCUT2D eigenvalue weighted by Crippen LogP contribution is -2.33. The quantitative estimate of drug-likeness (QED) is 0.651. The van der Waals surface area contributed by atoms with Crippen molar-refractivity contribution in [3.8, 4) is 0 Å². The standard InChI is InChI=1S/C21H26N2O4/c1-4-20(24)22-18-9-6-17(7-10-18)8-12-21(25)23(13-14-26-3)15-19-11-5-16(2)27-19/h4-7,9-11H,1,8,12-15H2,2-3H3,(H,22,24). The van der Waals surface area contributed by atoms with Gasteiger partial charge in [0, 0.05) is 25.8 Å². The zero-order valence-corrected chi connectivity index (χ0v) is 15.9. The number of amides is 2. The Morgan fingerprint density at radius 3 is 2.56 bits per heavy atom. The molecule has 2 rings (SSSR count). The van der Waals surface area contributed by atoms with Gasteiger partial charge in [0.05, 0.1) is 13.2 Å². The molecule has 0 aliphatic carbocycles. The highest BCUT2D eigenvalue weighted by atomic mass is 16.5. The van der Waals surface area contributed by atoms with Crippen molar-refractivity contribution in [3.05, 3.63) is 66.1 Å². The van der Waals surface area contributed by atoms with Gasteiger partial charge in [0.15, 0.2) is 0 Å². The predicted molar refractivity (Wildman–Crippen MR) is 104 cm³/mol. The topological polar surface area (TPSA) is 71.8 Å². The Labute approximate surface area is 159 Å². The first-order valence-electron chi connectivity index (χ1n) is 8.86. The molecule has 6 heteroatoms. The molecule has 0 aliphatic heterocycles. The average molecular weight is 370 g/mol. The number of hydrogen-bond donors (Lipinski definition) is 1. The molecular weight excluding hydrogens is 344 g/mol. The number of carbonyl (C=O) groups excluding carboxylic acids is 2. The summed E-state index contributed by atoms with van der Waals surface area (Å²) < 4.78 is 10.7. The van der Waals surface area contributed by atoms with E-state index >= 15 is 0 Å². The lowest BCUT2D eigenvalue weighted by molar-refractivity contribution is -0.132. The van der Waals surface area contributed by atoms with E-state index in [1.54, 1.807) is 12.0 Å². The molecule has 27 heavy (non-hydrogen) atoms. The van der Waals surface area contributed by atoms with Crippen LogP contribution in [0, 0.1) is 6.92 Å². The van der Waals surface area contributed by atoms with Gasteiger partial charge in [0.2, 0.25) is 11.8 Å². The van der Waals surface area contributed by atoms with E-state index in [1.807, 2.05) is 43.3 Å². The van der Waals surface area contributed by atoms with Crippen LogP contribution in [0.4, 0.5) is 5.69 Å². The zero-order chi connectivity index (χ0) is 19.6. The van der Waals surface area contributed by atoms with Crippen LogP contribution in [0.1, 0.15) is 23.5 Å². The minimum absolute atomic E-state index is 0.0464. The minimum atomic E-state index is -0.250. The fraction of sp³-hybridized carbons (Fsp3) is 0.333. The van der Waals surface area contributed by atoms with E-state index < -0.39 is 0 Å². The van der Waals surface area contributed by atoms with Crippen LogP contribution in [0.5, 0.6) is 0 Å². The first-order chi connectivity index (χ1) is 13.0. The van der Waals surface area contributed by atoms with Gasteiger partial charge in [-0.3, -0.25) is 9.59 Å². The third kappa shape index (κ3) is 6.75. The molecule has 1 aromatic carbocycles. The van der Waals surface area contributed by atoms with Gasteiger partial charge in [-0.15, -0.1) is 0 Å². The van der Waals surface area contributed by atoms with Crippen molar-refractivity contribution in [1.82, 2.24) is 4.90 Å². The van der Waals surface area contributed by atoms with Crippen LogP contribution in [0.25, 0.3) is 0 Å². The van der Waals surface area contributed by atoms with Crippen LogP contribution in [0.2, 0.25) is 0 Å². The molecule has 0 aliphatic rings. The van der Waals surface area contributed by atoms with Crippen LogP contribution in [-0.2, 0) is 27.3 Å². The minimum Gasteiger partial charge on any atom is -0.464 e. The van der Waals surface area contributed by atoms with Gasteiger partial charge < -0.3 is 19.4 Å². The molecule has 1 aromatic heterocycles. The number of furan rings is 1. The Hall–Kier alpha value is -2.86. The maximum Gasteiger partial charge on any atom is 0.247 e. The van der Waals surface area contributed by atoms with Crippen LogP contribution < -0.4 is 5.32 Å². The van der Waals surface area contributed by atoms with Crippen molar-refractivity contribution in [2.24, 2.45) is 0 Å². The normalized spacial score (nSPS) is 10.4. The number of hydrogen-bond acceptors (Lipinski definition) is 4. The summed E-state index contributed by atoms with van der Waals surface area (Å²) in [6.45, 7) is 6.73. The number of anilines is 1. The number of carbonyl (C=O) groups is 2. The van der Waals surface area contributed by atoms with Crippen molar-refractivity contribution in [2.45, 2.75) is 26.3 Å². The smallest absolute Gasteiger partial charge is 0.247 e. The first kappa shape index (κ1) is 20.5. The zero-order valence-electron chi connectivity index (χ0n) is 15.9. The van der Waals surface area contributed by atoms with Crippen molar-refractivity contribution in [1.29, 1.82) is 0 Å². The highest BCUT2D eigenvalue weighted by Gasteiger charge is 2.15. The number of benzene rings is 1. The second kappa shape index (κ2) is 10.3. The Morgan fingerprint density at radius 1 is 1.22 bits per heavy atom. The summed E-state index contributed by atoms with van der Waals surface area (Å²) in [5.74, 6) is 1.39. The molecule has 1 heterocycles. The summed E-state index contributed by atoms with van der Waals surface area (Å²) in [6, 6.07) is 11.2. The van der Waals surface area contributed by atoms with E-state index in [4.69, 9.17) is 9.15 Å².